The van der Waals surface area contributed by atoms with Crippen molar-refractivity contribution in [1.29, 1.82) is 0 Å². The third-order valence-corrected chi connectivity index (χ3v) is 11.0. The summed E-state index contributed by atoms with van der Waals surface area (Å²) in [6.45, 7) is 7.33. The molecule has 0 saturated heterocycles. The summed E-state index contributed by atoms with van der Waals surface area (Å²) < 4.78 is 56.4. The van der Waals surface area contributed by atoms with E-state index in [2.05, 4.69) is 25.9 Å². The molecule has 2 aromatic carbocycles. The van der Waals surface area contributed by atoms with Gasteiger partial charge in [-0.15, -0.1) is 11.3 Å². The third-order valence-electron chi connectivity index (χ3n) is 10.0. The number of aromatic amines is 1. The molecule has 5 atom stereocenters. The molecular weight excluding hydrogens is 702 g/mol. The SMILES string of the molecule is CCC(C)C(NC(=O)Cc1ccccc1F)C(=O)NC1(C(=O)NC(c2nc(C(=O)O)cs2)C(C)CC)CCc2[nH]c3c(C(F)(F)F)cccc3c2C1. The highest BCUT2D eigenvalue weighted by molar-refractivity contribution is 7.09. The molecule has 15 heteroatoms. The van der Waals surface area contributed by atoms with Crippen molar-refractivity contribution in [1.82, 2.24) is 25.9 Å². The van der Waals surface area contributed by atoms with Crippen LogP contribution in [-0.4, -0.2) is 50.3 Å². The monoisotopic (exact) mass is 743 g/mol. The lowest BCUT2D eigenvalue weighted by Gasteiger charge is -2.39. The molecule has 278 valence electrons. The van der Waals surface area contributed by atoms with Gasteiger partial charge in [0.15, 0.2) is 5.69 Å². The number of hydrogen-bond acceptors (Lipinski definition) is 6. The van der Waals surface area contributed by atoms with Gasteiger partial charge in [-0.3, -0.25) is 14.4 Å². The normalized spacial score (nSPS) is 18.2. The molecule has 5 rings (SSSR count). The Balaban J connectivity index is 1.53. The van der Waals surface area contributed by atoms with Crippen molar-refractivity contribution in [3.8, 4) is 0 Å². The molecule has 0 bridgehead atoms. The van der Waals surface area contributed by atoms with Crippen molar-refractivity contribution < 1.29 is 41.8 Å². The first-order chi connectivity index (χ1) is 24.6. The Labute approximate surface area is 301 Å². The van der Waals surface area contributed by atoms with E-state index in [-0.39, 0.29) is 53.8 Å². The van der Waals surface area contributed by atoms with Crippen molar-refractivity contribution in [2.45, 2.75) is 90.0 Å². The summed E-state index contributed by atoms with van der Waals surface area (Å²) in [4.78, 5) is 60.9. The van der Waals surface area contributed by atoms with E-state index in [4.69, 9.17) is 0 Å². The van der Waals surface area contributed by atoms with Crippen molar-refractivity contribution in [2.75, 3.05) is 0 Å². The molecule has 10 nitrogen and oxygen atoms in total. The Kier molecular flexibility index (Phi) is 11.4. The van der Waals surface area contributed by atoms with E-state index in [9.17, 15) is 41.8 Å². The number of aromatic carboxylic acids is 1. The summed E-state index contributed by atoms with van der Waals surface area (Å²) in [7, 11) is 0. The molecule has 3 amide bonds. The quantitative estimate of drug-likeness (QED) is 0.0986. The summed E-state index contributed by atoms with van der Waals surface area (Å²) in [5.41, 5.74) is -1.78. The number of fused-ring (bicyclic) bond motifs is 3. The molecular formula is C37H41F4N5O5S. The summed E-state index contributed by atoms with van der Waals surface area (Å²) in [5.74, 6) is -4.39. The first kappa shape index (κ1) is 38.4. The fourth-order valence-electron chi connectivity index (χ4n) is 6.61. The number of amides is 3. The minimum atomic E-state index is -4.65. The van der Waals surface area contributed by atoms with Gasteiger partial charge < -0.3 is 26.0 Å². The average Bonchev–Trinajstić information content (AvgIpc) is 3.74. The number of carbonyl (C=O) groups excluding carboxylic acids is 3. The number of thiazole rings is 1. The van der Waals surface area contributed by atoms with Gasteiger partial charge in [0, 0.05) is 22.9 Å². The topological polar surface area (TPSA) is 153 Å². The van der Waals surface area contributed by atoms with E-state index < -0.39 is 64.8 Å². The number of para-hydroxylation sites is 1. The number of carboxylic acids is 1. The molecule has 1 aliphatic rings. The predicted molar refractivity (Wildman–Crippen MR) is 187 cm³/mol. The lowest BCUT2D eigenvalue weighted by molar-refractivity contribution is -0.137. The van der Waals surface area contributed by atoms with Gasteiger partial charge in [-0.2, -0.15) is 13.2 Å². The molecule has 5 N–H and O–H groups in total. The Morgan fingerprint density at radius 1 is 1.02 bits per heavy atom. The molecule has 2 aromatic heterocycles. The first-order valence-corrected chi connectivity index (χ1v) is 18.0. The van der Waals surface area contributed by atoms with Gasteiger partial charge in [-0.05, 0) is 47.9 Å². The maximum atomic E-state index is 14.7. The number of halogens is 4. The average molecular weight is 744 g/mol. The summed E-state index contributed by atoms with van der Waals surface area (Å²) in [6, 6.07) is 7.68. The van der Waals surface area contributed by atoms with Crippen LogP contribution in [-0.2, 0) is 39.8 Å². The van der Waals surface area contributed by atoms with E-state index in [0.717, 1.165) is 17.4 Å². The third kappa shape index (κ3) is 7.98. The Morgan fingerprint density at radius 2 is 1.73 bits per heavy atom. The smallest absolute Gasteiger partial charge is 0.418 e. The van der Waals surface area contributed by atoms with Crippen LogP contribution in [0.3, 0.4) is 0 Å². The Morgan fingerprint density at radius 3 is 2.37 bits per heavy atom. The highest BCUT2D eigenvalue weighted by atomic mass is 32.1. The molecule has 0 fully saturated rings. The molecule has 52 heavy (non-hydrogen) atoms. The summed E-state index contributed by atoms with van der Waals surface area (Å²) in [5, 5.41) is 20.1. The van der Waals surface area contributed by atoms with Crippen LogP contribution in [0.2, 0.25) is 0 Å². The lowest BCUT2D eigenvalue weighted by Crippen LogP contribution is -2.65. The van der Waals surface area contributed by atoms with E-state index in [1.165, 1.54) is 35.7 Å². The Bertz CT molecular complexity index is 1980. The van der Waals surface area contributed by atoms with Crippen LogP contribution in [0.5, 0.6) is 0 Å². The number of aromatic nitrogens is 2. The van der Waals surface area contributed by atoms with Crippen molar-refractivity contribution in [2.24, 2.45) is 11.8 Å². The number of nitrogens with one attached hydrogen (secondary N) is 4. The Hall–Kier alpha value is -4.79. The highest BCUT2D eigenvalue weighted by Crippen LogP contribution is 2.40. The van der Waals surface area contributed by atoms with Crippen LogP contribution in [0, 0.1) is 17.7 Å². The zero-order chi connectivity index (χ0) is 38.0. The maximum Gasteiger partial charge on any atom is 0.418 e. The number of H-pyrrole nitrogens is 1. The number of hydrogen-bond donors (Lipinski definition) is 5. The summed E-state index contributed by atoms with van der Waals surface area (Å²) >= 11 is 1.07. The zero-order valence-electron chi connectivity index (χ0n) is 29.1. The van der Waals surface area contributed by atoms with Gasteiger partial charge in [-0.25, -0.2) is 14.2 Å². The number of carbonyl (C=O) groups is 4. The largest absolute Gasteiger partial charge is 0.476 e. The molecule has 0 spiro atoms. The van der Waals surface area contributed by atoms with Crippen LogP contribution >= 0.6 is 11.3 Å². The maximum absolute atomic E-state index is 14.7. The number of rotatable bonds is 13. The number of alkyl halides is 3. The van der Waals surface area contributed by atoms with Gasteiger partial charge >= 0.3 is 12.1 Å². The van der Waals surface area contributed by atoms with Crippen LogP contribution in [0.1, 0.15) is 90.9 Å². The van der Waals surface area contributed by atoms with Crippen LogP contribution in [0.4, 0.5) is 17.6 Å². The van der Waals surface area contributed by atoms with E-state index in [1.807, 2.05) is 20.8 Å². The number of aryl methyl sites for hydroxylation is 1. The van der Waals surface area contributed by atoms with Crippen molar-refractivity contribution in [3.05, 3.63) is 86.7 Å². The first-order valence-electron chi connectivity index (χ1n) is 17.1. The molecule has 4 aromatic rings. The molecule has 0 saturated carbocycles. The van der Waals surface area contributed by atoms with Crippen LogP contribution < -0.4 is 16.0 Å². The molecule has 2 heterocycles. The predicted octanol–water partition coefficient (Wildman–Crippen LogP) is 6.50. The standard InChI is InChI=1S/C37H41F4N5O5S/c1-5-19(3)29(44-28(47)16-21-10-7-8-13-25(21)38)32(48)46-36(35(51)45-30(20(4)6-2)33-43-27(18-52-33)34(49)50)15-14-26-23(17-36)22-11-9-12-24(31(22)42-26)37(39,40)41/h7-13,18-20,29-30,42H,5-6,14-17H2,1-4H3,(H,44,47)(H,45,51)(H,46,48)(H,49,50). The van der Waals surface area contributed by atoms with Gasteiger partial charge in [-0.1, -0.05) is 70.9 Å². The number of nitrogens with zero attached hydrogens (tertiary/aromatic N) is 1. The second kappa shape index (κ2) is 15.4. The lowest BCUT2D eigenvalue weighted by atomic mass is 9.78. The van der Waals surface area contributed by atoms with Crippen molar-refractivity contribution >= 4 is 45.9 Å². The van der Waals surface area contributed by atoms with Crippen molar-refractivity contribution in [3.63, 3.8) is 0 Å². The highest BCUT2D eigenvalue weighted by Gasteiger charge is 2.47. The zero-order valence-corrected chi connectivity index (χ0v) is 29.9. The fraction of sp³-hybridized carbons (Fsp3) is 0.432. The summed E-state index contributed by atoms with van der Waals surface area (Å²) in [6.07, 6.45) is -4.03. The van der Waals surface area contributed by atoms with E-state index in [0.29, 0.717) is 29.1 Å². The van der Waals surface area contributed by atoms with Crippen LogP contribution in [0.25, 0.3) is 10.9 Å². The van der Waals surface area contributed by atoms with Gasteiger partial charge in [0.2, 0.25) is 17.7 Å². The van der Waals surface area contributed by atoms with Crippen LogP contribution in [0.15, 0.2) is 47.8 Å². The molecule has 1 aliphatic carbocycles. The number of benzene rings is 2. The molecule has 5 unspecified atom stereocenters. The van der Waals surface area contributed by atoms with Gasteiger partial charge in [0.1, 0.15) is 22.4 Å². The van der Waals surface area contributed by atoms with Gasteiger partial charge in [0.25, 0.3) is 0 Å². The van der Waals surface area contributed by atoms with E-state index >= 15 is 0 Å². The molecule has 0 aliphatic heterocycles. The molecule has 0 radical (unpaired) electrons. The second-order valence-electron chi connectivity index (χ2n) is 13.5. The van der Waals surface area contributed by atoms with Gasteiger partial charge in [0.05, 0.1) is 23.5 Å². The minimum Gasteiger partial charge on any atom is -0.476 e. The van der Waals surface area contributed by atoms with E-state index in [1.54, 1.807) is 13.0 Å². The fourth-order valence-corrected chi connectivity index (χ4v) is 7.59. The minimum absolute atomic E-state index is 0.00633. The second-order valence-corrected chi connectivity index (χ2v) is 14.4. The number of carboxylic acid groups (broad SMARTS) is 1.